The van der Waals surface area contributed by atoms with Crippen LogP contribution in [0.5, 0.6) is 5.75 Å². The monoisotopic (exact) mass is 343 g/mol. The van der Waals surface area contributed by atoms with Gasteiger partial charge in [-0.25, -0.2) is 0 Å². The van der Waals surface area contributed by atoms with Crippen LogP contribution in [0, 0.1) is 0 Å². The normalized spacial score (nSPS) is 10.4. The summed E-state index contributed by atoms with van der Waals surface area (Å²) in [5.74, 6) is -0.317. The lowest BCUT2D eigenvalue weighted by atomic mass is 10.1. The van der Waals surface area contributed by atoms with Crippen LogP contribution in [-0.2, 0) is 6.42 Å². The number of halogens is 3. The summed E-state index contributed by atoms with van der Waals surface area (Å²) in [6.45, 7) is 0.429. The molecule has 0 fully saturated rings. The molecule has 2 rings (SSSR count). The topological polar surface area (TPSA) is 49.3 Å². The van der Waals surface area contributed by atoms with E-state index in [9.17, 15) is 9.90 Å². The Morgan fingerprint density at radius 3 is 2.48 bits per heavy atom. The van der Waals surface area contributed by atoms with Crippen LogP contribution in [0.1, 0.15) is 15.9 Å². The lowest BCUT2D eigenvalue weighted by molar-refractivity contribution is 0.0954. The highest BCUT2D eigenvalue weighted by Crippen LogP contribution is 2.24. The van der Waals surface area contributed by atoms with E-state index in [2.05, 4.69) is 5.32 Å². The van der Waals surface area contributed by atoms with E-state index in [1.165, 1.54) is 18.2 Å². The van der Waals surface area contributed by atoms with Crippen molar-refractivity contribution in [1.82, 2.24) is 5.32 Å². The summed E-state index contributed by atoms with van der Waals surface area (Å²) in [5, 5.41) is 13.4. The van der Waals surface area contributed by atoms with Crippen LogP contribution >= 0.6 is 34.8 Å². The van der Waals surface area contributed by atoms with E-state index in [-0.39, 0.29) is 16.7 Å². The Kier molecular flexibility index (Phi) is 5.34. The quantitative estimate of drug-likeness (QED) is 0.867. The molecule has 6 heteroatoms. The average molecular weight is 345 g/mol. The Labute approximate surface area is 137 Å². The van der Waals surface area contributed by atoms with E-state index in [1.807, 2.05) is 6.07 Å². The second kappa shape index (κ2) is 7.03. The molecule has 0 aliphatic carbocycles. The molecule has 2 aromatic rings. The number of rotatable bonds is 4. The maximum Gasteiger partial charge on any atom is 0.251 e. The molecule has 2 N–H and O–H groups in total. The lowest BCUT2D eigenvalue weighted by Gasteiger charge is -2.08. The van der Waals surface area contributed by atoms with Crippen molar-refractivity contribution in [2.24, 2.45) is 0 Å². The third kappa shape index (κ3) is 4.27. The van der Waals surface area contributed by atoms with Crippen molar-refractivity contribution in [2.75, 3.05) is 6.54 Å². The SMILES string of the molecule is O=C(NCCc1ccc(Cl)cc1Cl)c1ccc(O)c(Cl)c1. The zero-order valence-corrected chi connectivity index (χ0v) is 13.1. The molecule has 110 valence electrons. The van der Waals surface area contributed by atoms with Gasteiger partial charge in [-0.15, -0.1) is 0 Å². The first-order valence-corrected chi connectivity index (χ1v) is 7.31. The van der Waals surface area contributed by atoms with Gasteiger partial charge in [0.05, 0.1) is 5.02 Å². The number of phenolic OH excluding ortho intramolecular Hbond substituents is 1. The van der Waals surface area contributed by atoms with Gasteiger partial charge in [0.1, 0.15) is 5.75 Å². The average Bonchev–Trinajstić information content (AvgIpc) is 2.44. The second-order valence-electron chi connectivity index (χ2n) is 4.41. The number of amides is 1. The van der Waals surface area contributed by atoms with Gasteiger partial charge in [0, 0.05) is 22.2 Å². The molecule has 0 saturated carbocycles. The van der Waals surface area contributed by atoms with Crippen molar-refractivity contribution < 1.29 is 9.90 Å². The fourth-order valence-corrected chi connectivity index (χ4v) is 2.47. The molecule has 2 aromatic carbocycles. The molecular formula is C15H12Cl3NO2. The Hall–Kier alpha value is -1.42. The molecule has 0 spiro atoms. The molecule has 0 saturated heterocycles. The van der Waals surface area contributed by atoms with Crippen LogP contribution in [0.2, 0.25) is 15.1 Å². The molecule has 0 aliphatic rings. The largest absolute Gasteiger partial charge is 0.506 e. The number of hydrogen-bond acceptors (Lipinski definition) is 2. The highest BCUT2D eigenvalue weighted by molar-refractivity contribution is 6.35. The van der Waals surface area contributed by atoms with E-state index < -0.39 is 0 Å². The van der Waals surface area contributed by atoms with Crippen LogP contribution in [0.4, 0.5) is 0 Å². The molecule has 0 atom stereocenters. The lowest BCUT2D eigenvalue weighted by Crippen LogP contribution is -2.25. The summed E-state index contributed by atoms with van der Waals surface area (Å²) in [4.78, 5) is 11.9. The van der Waals surface area contributed by atoms with Crippen molar-refractivity contribution in [3.05, 3.63) is 62.6 Å². The van der Waals surface area contributed by atoms with Crippen LogP contribution < -0.4 is 5.32 Å². The predicted octanol–water partition coefficient (Wildman–Crippen LogP) is 4.32. The number of aromatic hydroxyl groups is 1. The van der Waals surface area contributed by atoms with Crippen molar-refractivity contribution in [3.8, 4) is 5.75 Å². The number of phenols is 1. The van der Waals surface area contributed by atoms with Crippen LogP contribution in [0.3, 0.4) is 0 Å². The van der Waals surface area contributed by atoms with Crippen molar-refractivity contribution in [2.45, 2.75) is 6.42 Å². The molecule has 1 amide bonds. The van der Waals surface area contributed by atoms with E-state index in [0.717, 1.165) is 5.56 Å². The zero-order chi connectivity index (χ0) is 15.4. The summed E-state index contributed by atoms with van der Waals surface area (Å²) in [6.07, 6.45) is 0.591. The fourth-order valence-electron chi connectivity index (χ4n) is 1.79. The molecule has 0 radical (unpaired) electrons. The molecule has 0 unspecified atom stereocenters. The van der Waals surface area contributed by atoms with Gasteiger partial charge in [-0.3, -0.25) is 4.79 Å². The second-order valence-corrected chi connectivity index (χ2v) is 5.66. The summed E-state index contributed by atoms with van der Waals surface area (Å²) in [5.41, 5.74) is 1.30. The molecule has 0 bridgehead atoms. The Morgan fingerprint density at radius 2 is 1.81 bits per heavy atom. The van der Waals surface area contributed by atoms with Gasteiger partial charge < -0.3 is 10.4 Å². The molecule has 0 aliphatic heterocycles. The van der Waals surface area contributed by atoms with Crippen LogP contribution in [0.25, 0.3) is 0 Å². The van der Waals surface area contributed by atoms with Crippen molar-refractivity contribution in [1.29, 1.82) is 0 Å². The standard InChI is InChI=1S/C15H12Cl3NO2/c16-11-3-1-9(12(17)8-11)5-6-19-15(21)10-2-4-14(20)13(18)7-10/h1-4,7-8,20H,5-6H2,(H,19,21). The van der Waals surface area contributed by atoms with Crippen molar-refractivity contribution in [3.63, 3.8) is 0 Å². The maximum atomic E-state index is 11.9. The minimum atomic E-state index is -0.262. The first-order valence-electron chi connectivity index (χ1n) is 6.18. The Morgan fingerprint density at radius 1 is 1.05 bits per heavy atom. The number of nitrogens with one attached hydrogen (secondary N) is 1. The Balaban J connectivity index is 1.93. The van der Waals surface area contributed by atoms with Gasteiger partial charge in [0.25, 0.3) is 5.91 Å². The van der Waals surface area contributed by atoms with Gasteiger partial charge in [0.15, 0.2) is 0 Å². The molecular weight excluding hydrogens is 333 g/mol. The minimum Gasteiger partial charge on any atom is -0.506 e. The fraction of sp³-hybridized carbons (Fsp3) is 0.133. The number of hydrogen-bond donors (Lipinski definition) is 2. The zero-order valence-electron chi connectivity index (χ0n) is 10.9. The number of carbonyl (C=O) groups is 1. The molecule has 3 nitrogen and oxygen atoms in total. The first-order chi connectivity index (χ1) is 9.97. The summed E-state index contributed by atoms with van der Waals surface area (Å²) >= 11 is 17.6. The van der Waals surface area contributed by atoms with Crippen LogP contribution in [0.15, 0.2) is 36.4 Å². The third-order valence-electron chi connectivity index (χ3n) is 2.90. The van der Waals surface area contributed by atoms with Gasteiger partial charge in [-0.1, -0.05) is 40.9 Å². The van der Waals surface area contributed by atoms with Gasteiger partial charge >= 0.3 is 0 Å². The number of benzene rings is 2. The molecule has 0 aromatic heterocycles. The molecule has 0 heterocycles. The predicted molar refractivity (Wildman–Crippen MR) is 85.6 cm³/mol. The smallest absolute Gasteiger partial charge is 0.251 e. The highest BCUT2D eigenvalue weighted by atomic mass is 35.5. The third-order valence-corrected chi connectivity index (χ3v) is 3.79. The highest BCUT2D eigenvalue weighted by Gasteiger charge is 2.08. The number of carbonyl (C=O) groups excluding carboxylic acids is 1. The summed E-state index contributed by atoms with van der Waals surface area (Å²) < 4.78 is 0. The van der Waals surface area contributed by atoms with Gasteiger partial charge in [-0.05, 0) is 42.3 Å². The summed E-state index contributed by atoms with van der Waals surface area (Å²) in [7, 11) is 0. The first kappa shape index (κ1) is 16.0. The van der Waals surface area contributed by atoms with Crippen molar-refractivity contribution >= 4 is 40.7 Å². The molecule has 21 heavy (non-hydrogen) atoms. The van der Waals surface area contributed by atoms with Gasteiger partial charge in [0.2, 0.25) is 0 Å². The maximum absolute atomic E-state index is 11.9. The Bertz CT molecular complexity index is 674. The van der Waals surface area contributed by atoms with E-state index in [0.29, 0.717) is 28.6 Å². The van der Waals surface area contributed by atoms with E-state index in [1.54, 1.807) is 12.1 Å². The summed E-state index contributed by atoms with van der Waals surface area (Å²) in [6, 6.07) is 9.55. The van der Waals surface area contributed by atoms with E-state index >= 15 is 0 Å². The van der Waals surface area contributed by atoms with Crippen LogP contribution in [-0.4, -0.2) is 17.6 Å². The van der Waals surface area contributed by atoms with E-state index in [4.69, 9.17) is 34.8 Å². The van der Waals surface area contributed by atoms with Gasteiger partial charge in [-0.2, -0.15) is 0 Å². The minimum absolute atomic E-state index is 0.0545.